The van der Waals surface area contributed by atoms with E-state index in [1.54, 1.807) is 11.8 Å². The van der Waals surface area contributed by atoms with E-state index < -0.39 is 6.10 Å². The summed E-state index contributed by atoms with van der Waals surface area (Å²) in [6.45, 7) is 0. The molecule has 0 bridgehead atoms. The molecule has 3 aromatic rings. The Bertz CT molecular complexity index is 678. The normalized spacial score (nSPS) is 12.0. The van der Waals surface area contributed by atoms with Crippen molar-refractivity contribution in [2.45, 2.75) is 15.9 Å². The number of aliphatic hydroxyl groups is 1. The number of benzene rings is 3. The average molecular weight is 292 g/mol. The Hall–Kier alpha value is -2.03. The van der Waals surface area contributed by atoms with Crippen LogP contribution in [0.5, 0.6) is 0 Å². The molecule has 0 heterocycles. The van der Waals surface area contributed by atoms with Gasteiger partial charge in [-0.15, -0.1) is 0 Å². The van der Waals surface area contributed by atoms with Gasteiger partial charge in [0.05, 0.1) is 0 Å². The highest BCUT2D eigenvalue weighted by molar-refractivity contribution is 7.99. The topological polar surface area (TPSA) is 20.2 Å². The SMILES string of the molecule is OC(c1ccccc1)c1ccc(Sc2ccccc2)cc1. The zero-order valence-corrected chi connectivity index (χ0v) is 12.3. The van der Waals surface area contributed by atoms with Gasteiger partial charge in [-0.2, -0.15) is 0 Å². The first-order chi connectivity index (χ1) is 10.3. The lowest BCUT2D eigenvalue weighted by Gasteiger charge is -2.12. The van der Waals surface area contributed by atoms with E-state index in [9.17, 15) is 5.11 Å². The second-order valence-electron chi connectivity index (χ2n) is 4.80. The number of hydrogen-bond donors (Lipinski definition) is 1. The van der Waals surface area contributed by atoms with Gasteiger partial charge in [0.15, 0.2) is 0 Å². The van der Waals surface area contributed by atoms with Crippen LogP contribution in [0.15, 0.2) is 94.7 Å². The van der Waals surface area contributed by atoms with Gasteiger partial charge in [0.1, 0.15) is 6.10 Å². The van der Waals surface area contributed by atoms with Crippen molar-refractivity contribution in [2.75, 3.05) is 0 Å². The maximum Gasteiger partial charge on any atom is 0.104 e. The van der Waals surface area contributed by atoms with Gasteiger partial charge >= 0.3 is 0 Å². The fourth-order valence-electron chi connectivity index (χ4n) is 2.17. The summed E-state index contributed by atoms with van der Waals surface area (Å²) in [6.07, 6.45) is -0.568. The van der Waals surface area contributed by atoms with Crippen molar-refractivity contribution in [3.63, 3.8) is 0 Å². The summed E-state index contributed by atoms with van der Waals surface area (Å²) in [4.78, 5) is 2.39. The Morgan fingerprint density at radius 1 is 0.571 bits per heavy atom. The molecule has 0 radical (unpaired) electrons. The average Bonchev–Trinajstić information content (AvgIpc) is 2.57. The van der Waals surface area contributed by atoms with E-state index in [-0.39, 0.29) is 0 Å². The van der Waals surface area contributed by atoms with Gasteiger partial charge < -0.3 is 5.11 Å². The minimum Gasteiger partial charge on any atom is -0.384 e. The van der Waals surface area contributed by atoms with Crippen LogP contribution in [0.2, 0.25) is 0 Å². The predicted octanol–water partition coefficient (Wildman–Crippen LogP) is 4.92. The Labute approximate surface area is 129 Å². The van der Waals surface area contributed by atoms with Crippen molar-refractivity contribution in [1.29, 1.82) is 0 Å². The molecule has 1 N–H and O–H groups in total. The summed E-state index contributed by atoms with van der Waals surface area (Å²) in [5.41, 5.74) is 1.83. The third-order valence-electron chi connectivity index (χ3n) is 3.29. The van der Waals surface area contributed by atoms with E-state index in [0.717, 1.165) is 11.1 Å². The molecule has 1 unspecified atom stereocenters. The van der Waals surface area contributed by atoms with Gasteiger partial charge in [-0.1, -0.05) is 72.4 Å². The van der Waals surface area contributed by atoms with Crippen molar-refractivity contribution in [3.05, 3.63) is 96.1 Å². The Kier molecular flexibility index (Phi) is 4.39. The second kappa shape index (κ2) is 6.61. The third kappa shape index (κ3) is 3.54. The first kappa shape index (κ1) is 13.9. The molecule has 0 saturated heterocycles. The van der Waals surface area contributed by atoms with Crippen LogP contribution in [-0.4, -0.2) is 5.11 Å². The second-order valence-corrected chi connectivity index (χ2v) is 5.94. The fraction of sp³-hybridized carbons (Fsp3) is 0.0526. The van der Waals surface area contributed by atoms with Gasteiger partial charge in [0, 0.05) is 9.79 Å². The standard InChI is InChI=1S/C19H16OS/c20-19(15-7-3-1-4-8-15)16-11-13-18(14-12-16)21-17-9-5-2-6-10-17/h1-14,19-20H. The number of hydrogen-bond acceptors (Lipinski definition) is 2. The molecular formula is C19H16OS. The van der Waals surface area contributed by atoms with Crippen LogP contribution in [0.4, 0.5) is 0 Å². The van der Waals surface area contributed by atoms with Crippen LogP contribution < -0.4 is 0 Å². The van der Waals surface area contributed by atoms with Crippen molar-refractivity contribution >= 4 is 11.8 Å². The Balaban J connectivity index is 1.75. The van der Waals surface area contributed by atoms with Gasteiger partial charge in [0.25, 0.3) is 0 Å². The van der Waals surface area contributed by atoms with E-state index in [1.165, 1.54) is 9.79 Å². The lowest BCUT2D eigenvalue weighted by molar-refractivity contribution is 0.220. The van der Waals surface area contributed by atoms with Crippen LogP contribution in [0, 0.1) is 0 Å². The number of rotatable bonds is 4. The lowest BCUT2D eigenvalue weighted by atomic mass is 10.0. The van der Waals surface area contributed by atoms with E-state index in [4.69, 9.17) is 0 Å². The number of aliphatic hydroxyl groups excluding tert-OH is 1. The predicted molar refractivity (Wildman–Crippen MR) is 87.5 cm³/mol. The highest BCUT2D eigenvalue weighted by atomic mass is 32.2. The van der Waals surface area contributed by atoms with Crippen LogP contribution in [0.1, 0.15) is 17.2 Å². The zero-order chi connectivity index (χ0) is 14.5. The van der Waals surface area contributed by atoms with Crippen LogP contribution in [0.3, 0.4) is 0 Å². The van der Waals surface area contributed by atoms with Gasteiger partial charge in [-0.25, -0.2) is 0 Å². The quantitative estimate of drug-likeness (QED) is 0.736. The van der Waals surface area contributed by atoms with E-state index in [0.29, 0.717) is 0 Å². The van der Waals surface area contributed by atoms with Crippen molar-refractivity contribution < 1.29 is 5.11 Å². The smallest absolute Gasteiger partial charge is 0.104 e. The largest absolute Gasteiger partial charge is 0.384 e. The van der Waals surface area contributed by atoms with Crippen molar-refractivity contribution in [1.82, 2.24) is 0 Å². The summed E-state index contributed by atoms with van der Waals surface area (Å²) in [5, 5.41) is 10.4. The molecule has 104 valence electrons. The summed E-state index contributed by atoms with van der Waals surface area (Å²) in [5.74, 6) is 0. The van der Waals surface area contributed by atoms with E-state index in [2.05, 4.69) is 24.3 Å². The highest BCUT2D eigenvalue weighted by Crippen LogP contribution is 2.29. The van der Waals surface area contributed by atoms with Crippen molar-refractivity contribution in [2.24, 2.45) is 0 Å². The molecule has 0 amide bonds. The molecule has 3 aromatic carbocycles. The summed E-state index contributed by atoms with van der Waals surface area (Å²) < 4.78 is 0. The first-order valence-electron chi connectivity index (χ1n) is 6.89. The molecule has 0 aliphatic heterocycles. The highest BCUT2D eigenvalue weighted by Gasteiger charge is 2.09. The molecule has 3 rings (SSSR count). The molecule has 0 saturated carbocycles. The van der Waals surface area contributed by atoms with Crippen molar-refractivity contribution in [3.8, 4) is 0 Å². The Morgan fingerprint density at radius 3 is 1.67 bits per heavy atom. The summed E-state index contributed by atoms with van der Waals surface area (Å²) in [6, 6.07) is 28.1. The molecule has 0 fully saturated rings. The van der Waals surface area contributed by atoms with E-state index in [1.807, 2.05) is 60.7 Å². The molecular weight excluding hydrogens is 276 g/mol. The Morgan fingerprint density at radius 2 is 1.05 bits per heavy atom. The molecule has 21 heavy (non-hydrogen) atoms. The van der Waals surface area contributed by atoms with Gasteiger partial charge in [-0.3, -0.25) is 0 Å². The maximum absolute atomic E-state index is 10.4. The molecule has 0 aliphatic carbocycles. The van der Waals surface area contributed by atoms with Gasteiger partial charge in [-0.05, 0) is 35.4 Å². The molecule has 2 heteroatoms. The molecule has 1 nitrogen and oxygen atoms in total. The van der Waals surface area contributed by atoms with Gasteiger partial charge in [0.2, 0.25) is 0 Å². The summed E-state index contributed by atoms with van der Waals surface area (Å²) >= 11 is 1.72. The first-order valence-corrected chi connectivity index (χ1v) is 7.70. The lowest BCUT2D eigenvalue weighted by Crippen LogP contribution is -1.98. The minimum absolute atomic E-state index is 0.568. The van der Waals surface area contributed by atoms with Crippen LogP contribution in [-0.2, 0) is 0 Å². The molecule has 1 atom stereocenters. The fourth-order valence-corrected chi connectivity index (χ4v) is 3.01. The third-order valence-corrected chi connectivity index (χ3v) is 4.31. The maximum atomic E-state index is 10.4. The van der Waals surface area contributed by atoms with E-state index >= 15 is 0 Å². The van der Waals surface area contributed by atoms with Crippen LogP contribution in [0.25, 0.3) is 0 Å². The minimum atomic E-state index is -0.568. The summed E-state index contributed by atoms with van der Waals surface area (Å²) in [7, 11) is 0. The van der Waals surface area contributed by atoms with Crippen LogP contribution >= 0.6 is 11.8 Å². The monoisotopic (exact) mass is 292 g/mol. The molecule has 0 aromatic heterocycles. The molecule has 0 aliphatic rings. The zero-order valence-electron chi connectivity index (χ0n) is 11.5. The molecule has 0 spiro atoms.